The van der Waals surface area contributed by atoms with E-state index in [9.17, 15) is 5.11 Å². The predicted octanol–water partition coefficient (Wildman–Crippen LogP) is 1.37. The Balaban J connectivity index is 1.64. The van der Waals surface area contributed by atoms with Gasteiger partial charge in [-0.2, -0.15) is 11.8 Å². The number of ether oxygens (including phenoxy) is 1. The van der Waals surface area contributed by atoms with E-state index in [1.54, 1.807) is 7.11 Å². The highest BCUT2D eigenvalue weighted by Crippen LogP contribution is 2.16. The van der Waals surface area contributed by atoms with Gasteiger partial charge in [-0.1, -0.05) is 12.1 Å². The van der Waals surface area contributed by atoms with Gasteiger partial charge in [0.15, 0.2) is 0 Å². The first-order valence-electron chi connectivity index (χ1n) is 7.12. The first-order valence-corrected chi connectivity index (χ1v) is 8.28. The minimum Gasteiger partial charge on any atom is -0.497 e. The Bertz CT molecular complexity index is 380. The van der Waals surface area contributed by atoms with Crippen LogP contribution < -0.4 is 10.1 Å². The van der Waals surface area contributed by atoms with Crippen molar-refractivity contribution >= 4 is 11.8 Å². The number of aliphatic hydroxyl groups excluding tert-OH is 1. The molecule has 0 spiro atoms. The normalized spacial score (nSPS) is 17.9. The molecule has 0 amide bonds. The molecule has 1 aliphatic heterocycles. The van der Waals surface area contributed by atoms with Gasteiger partial charge >= 0.3 is 0 Å². The molecule has 0 saturated carbocycles. The van der Waals surface area contributed by atoms with Gasteiger partial charge < -0.3 is 20.1 Å². The first-order chi connectivity index (χ1) is 9.79. The number of aliphatic hydroxyl groups is 1. The van der Waals surface area contributed by atoms with Gasteiger partial charge in [-0.15, -0.1) is 0 Å². The molecule has 1 aromatic rings. The van der Waals surface area contributed by atoms with E-state index in [4.69, 9.17) is 4.74 Å². The molecule has 1 unspecified atom stereocenters. The highest BCUT2D eigenvalue weighted by Gasteiger charge is 2.10. The van der Waals surface area contributed by atoms with Gasteiger partial charge in [-0.3, -0.25) is 0 Å². The molecule has 112 valence electrons. The van der Waals surface area contributed by atoms with Gasteiger partial charge in [0.2, 0.25) is 0 Å². The number of methoxy groups -OCH3 is 1. The SMILES string of the molecule is COc1ccc(C(O)CNCCN2CCSCC2)cc1. The maximum absolute atomic E-state index is 10.1. The molecule has 4 nitrogen and oxygen atoms in total. The second-order valence-electron chi connectivity index (χ2n) is 4.95. The summed E-state index contributed by atoms with van der Waals surface area (Å²) < 4.78 is 5.11. The molecule has 2 N–H and O–H groups in total. The third-order valence-electron chi connectivity index (χ3n) is 3.55. The average Bonchev–Trinajstić information content (AvgIpc) is 2.52. The molecule has 5 heteroatoms. The summed E-state index contributed by atoms with van der Waals surface area (Å²) in [4.78, 5) is 2.48. The zero-order valence-corrected chi connectivity index (χ0v) is 12.9. The smallest absolute Gasteiger partial charge is 0.118 e. The Labute approximate surface area is 125 Å². The summed E-state index contributed by atoms with van der Waals surface area (Å²) in [5.74, 6) is 3.31. The first kappa shape index (κ1) is 15.6. The van der Waals surface area contributed by atoms with Crippen molar-refractivity contribution in [2.45, 2.75) is 6.10 Å². The lowest BCUT2D eigenvalue weighted by atomic mass is 10.1. The molecule has 1 aromatic carbocycles. The van der Waals surface area contributed by atoms with Crippen LogP contribution in [0.3, 0.4) is 0 Å². The van der Waals surface area contributed by atoms with E-state index in [1.807, 2.05) is 36.0 Å². The van der Waals surface area contributed by atoms with E-state index >= 15 is 0 Å². The van der Waals surface area contributed by atoms with Crippen LogP contribution in [0.2, 0.25) is 0 Å². The van der Waals surface area contributed by atoms with Crippen LogP contribution in [0.4, 0.5) is 0 Å². The molecular weight excluding hydrogens is 272 g/mol. The Morgan fingerprint density at radius 1 is 1.30 bits per heavy atom. The zero-order valence-electron chi connectivity index (χ0n) is 12.0. The lowest BCUT2D eigenvalue weighted by molar-refractivity contribution is 0.172. The summed E-state index contributed by atoms with van der Waals surface area (Å²) in [6.07, 6.45) is -0.460. The number of benzene rings is 1. The molecule has 1 saturated heterocycles. The van der Waals surface area contributed by atoms with Gasteiger partial charge in [0.05, 0.1) is 13.2 Å². The van der Waals surface area contributed by atoms with E-state index in [0.29, 0.717) is 6.54 Å². The zero-order chi connectivity index (χ0) is 14.2. The highest BCUT2D eigenvalue weighted by atomic mass is 32.2. The fourth-order valence-corrected chi connectivity index (χ4v) is 3.22. The molecule has 0 radical (unpaired) electrons. The van der Waals surface area contributed by atoms with E-state index in [-0.39, 0.29) is 0 Å². The third-order valence-corrected chi connectivity index (χ3v) is 4.49. The topological polar surface area (TPSA) is 44.7 Å². The summed E-state index contributed by atoms with van der Waals surface area (Å²) in [6.45, 7) is 4.96. The van der Waals surface area contributed by atoms with Gasteiger partial charge in [0.1, 0.15) is 5.75 Å². The maximum atomic E-state index is 10.1. The molecule has 2 rings (SSSR count). The molecular formula is C15H24N2O2S. The second kappa shape index (κ2) is 8.52. The maximum Gasteiger partial charge on any atom is 0.118 e. The monoisotopic (exact) mass is 296 g/mol. The van der Waals surface area contributed by atoms with E-state index < -0.39 is 6.10 Å². The quantitative estimate of drug-likeness (QED) is 0.744. The van der Waals surface area contributed by atoms with Gasteiger partial charge in [0, 0.05) is 44.2 Å². The minimum absolute atomic E-state index is 0.460. The van der Waals surface area contributed by atoms with Crippen molar-refractivity contribution in [3.8, 4) is 5.75 Å². The number of nitrogens with zero attached hydrogens (tertiary/aromatic N) is 1. The Morgan fingerprint density at radius 3 is 2.65 bits per heavy atom. The number of nitrogens with one attached hydrogen (secondary N) is 1. The fourth-order valence-electron chi connectivity index (χ4n) is 2.24. The van der Waals surface area contributed by atoms with Crippen molar-refractivity contribution in [3.05, 3.63) is 29.8 Å². The van der Waals surface area contributed by atoms with Crippen molar-refractivity contribution < 1.29 is 9.84 Å². The second-order valence-corrected chi connectivity index (χ2v) is 6.17. The van der Waals surface area contributed by atoms with E-state index in [2.05, 4.69) is 10.2 Å². The number of hydrogen-bond donors (Lipinski definition) is 2. The van der Waals surface area contributed by atoms with E-state index in [0.717, 1.165) is 24.4 Å². The largest absolute Gasteiger partial charge is 0.497 e. The van der Waals surface area contributed by atoms with Crippen LogP contribution in [0.5, 0.6) is 5.75 Å². The van der Waals surface area contributed by atoms with Crippen LogP contribution in [0, 0.1) is 0 Å². The lowest BCUT2D eigenvalue weighted by Crippen LogP contribution is -2.38. The number of thioether (sulfide) groups is 1. The third kappa shape index (κ3) is 4.98. The molecule has 0 bridgehead atoms. The Morgan fingerprint density at radius 2 is 2.00 bits per heavy atom. The number of hydrogen-bond acceptors (Lipinski definition) is 5. The van der Waals surface area contributed by atoms with Crippen molar-refractivity contribution in [2.75, 3.05) is 51.3 Å². The Hall–Kier alpha value is -0.750. The lowest BCUT2D eigenvalue weighted by Gasteiger charge is -2.26. The van der Waals surface area contributed by atoms with Gasteiger partial charge in [-0.05, 0) is 17.7 Å². The fraction of sp³-hybridized carbons (Fsp3) is 0.600. The minimum atomic E-state index is -0.460. The van der Waals surface area contributed by atoms with Crippen LogP contribution in [0.1, 0.15) is 11.7 Å². The van der Waals surface area contributed by atoms with Crippen LogP contribution in [0.25, 0.3) is 0 Å². The van der Waals surface area contributed by atoms with Crippen LogP contribution in [-0.2, 0) is 0 Å². The van der Waals surface area contributed by atoms with Gasteiger partial charge in [0.25, 0.3) is 0 Å². The molecule has 1 heterocycles. The molecule has 1 atom stereocenters. The van der Waals surface area contributed by atoms with E-state index in [1.165, 1.54) is 24.6 Å². The average molecular weight is 296 g/mol. The van der Waals surface area contributed by atoms with Crippen molar-refractivity contribution in [1.82, 2.24) is 10.2 Å². The Kier molecular flexibility index (Phi) is 6.66. The molecule has 0 aliphatic carbocycles. The standard InChI is InChI=1S/C15H24N2O2S/c1-19-14-4-2-13(3-5-14)15(18)12-16-6-7-17-8-10-20-11-9-17/h2-5,15-16,18H,6-12H2,1H3. The molecule has 1 fully saturated rings. The summed E-state index contributed by atoms with van der Waals surface area (Å²) in [7, 11) is 1.64. The molecule has 20 heavy (non-hydrogen) atoms. The van der Waals surface area contributed by atoms with Crippen LogP contribution in [-0.4, -0.2) is 61.3 Å². The molecule has 1 aliphatic rings. The van der Waals surface area contributed by atoms with Crippen LogP contribution in [0.15, 0.2) is 24.3 Å². The van der Waals surface area contributed by atoms with Crippen molar-refractivity contribution in [1.29, 1.82) is 0 Å². The summed E-state index contributed by atoms with van der Waals surface area (Å²) >= 11 is 2.03. The summed E-state index contributed by atoms with van der Waals surface area (Å²) in [6, 6.07) is 7.58. The number of rotatable bonds is 7. The van der Waals surface area contributed by atoms with Gasteiger partial charge in [-0.25, -0.2) is 0 Å². The summed E-state index contributed by atoms with van der Waals surface area (Å²) in [5, 5.41) is 13.4. The van der Waals surface area contributed by atoms with Crippen molar-refractivity contribution in [3.63, 3.8) is 0 Å². The van der Waals surface area contributed by atoms with Crippen molar-refractivity contribution in [2.24, 2.45) is 0 Å². The summed E-state index contributed by atoms with van der Waals surface area (Å²) in [5.41, 5.74) is 0.924. The highest BCUT2D eigenvalue weighted by molar-refractivity contribution is 7.99. The molecule has 0 aromatic heterocycles. The predicted molar refractivity (Wildman–Crippen MR) is 84.6 cm³/mol. The van der Waals surface area contributed by atoms with Crippen LogP contribution >= 0.6 is 11.8 Å².